The number of amides is 1. The van der Waals surface area contributed by atoms with E-state index in [-0.39, 0.29) is 17.6 Å². The van der Waals surface area contributed by atoms with Crippen LogP contribution in [0, 0.1) is 18.3 Å². The maximum Gasteiger partial charge on any atom is 0.230 e. The van der Waals surface area contributed by atoms with Crippen LogP contribution in [-0.2, 0) is 20.6 Å². The number of aryl methyl sites for hydroxylation is 1. The van der Waals surface area contributed by atoms with Crippen LogP contribution in [0.5, 0.6) is 0 Å². The molecule has 0 saturated carbocycles. The van der Waals surface area contributed by atoms with Gasteiger partial charge in [-0.3, -0.25) is 4.79 Å². The second-order valence-corrected chi connectivity index (χ2v) is 9.04. The number of carbonyl (C=O) groups is 1. The zero-order valence-electron chi connectivity index (χ0n) is 13.9. The van der Waals surface area contributed by atoms with Crippen LogP contribution >= 0.6 is 0 Å². The van der Waals surface area contributed by atoms with Gasteiger partial charge in [-0.25, -0.2) is 12.7 Å². The standard InChI is InChI=1S/C17H24N2O3S/c1-13-4-6-15(7-5-13)11-23(21,22)19-10-14(2)17(12-19)8-9-18(3)16(17)20/h4-7,14H,8-12H2,1-3H3/t14-,17-/m0/s1. The zero-order chi connectivity index (χ0) is 16.8. The summed E-state index contributed by atoms with van der Waals surface area (Å²) in [5, 5.41) is 0. The highest BCUT2D eigenvalue weighted by atomic mass is 32.2. The number of nitrogens with zero attached hydrogens (tertiary/aromatic N) is 2. The number of hydrogen-bond acceptors (Lipinski definition) is 3. The number of likely N-dealkylation sites (tertiary alicyclic amines) is 1. The molecule has 2 heterocycles. The van der Waals surface area contributed by atoms with Crippen LogP contribution < -0.4 is 0 Å². The van der Waals surface area contributed by atoms with Crippen molar-refractivity contribution >= 4 is 15.9 Å². The van der Waals surface area contributed by atoms with Gasteiger partial charge >= 0.3 is 0 Å². The third-order valence-corrected chi connectivity index (χ3v) is 7.17. The molecule has 1 aromatic rings. The molecule has 2 aliphatic heterocycles. The van der Waals surface area contributed by atoms with Gasteiger partial charge in [0.1, 0.15) is 0 Å². The molecule has 3 rings (SSSR count). The molecule has 0 bridgehead atoms. The van der Waals surface area contributed by atoms with Crippen molar-refractivity contribution in [1.82, 2.24) is 9.21 Å². The van der Waals surface area contributed by atoms with Crippen LogP contribution in [0.4, 0.5) is 0 Å². The lowest BCUT2D eigenvalue weighted by Crippen LogP contribution is -2.39. The Morgan fingerprint density at radius 1 is 1.26 bits per heavy atom. The summed E-state index contributed by atoms with van der Waals surface area (Å²) in [6.07, 6.45) is 0.750. The summed E-state index contributed by atoms with van der Waals surface area (Å²) >= 11 is 0. The summed E-state index contributed by atoms with van der Waals surface area (Å²) in [5.41, 5.74) is 1.38. The van der Waals surface area contributed by atoms with Gasteiger partial charge in [0.25, 0.3) is 0 Å². The first-order chi connectivity index (χ1) is 10.7. The molecule has 2 saturated heterocycles. The quantitative estimate of drug-likeness (QED) is 0.843. The normalized spacial score (nSPS) is 28.9. The average Bonchev–Trinajstić information content (AvgIpc) is 2.98. The molecule has 23 heavy (non-hydrogen) atoms. The van der Waals surface area contributed by atoms with Crippen molar-refractivity contribution in [3.05, 3.63) is 35.4 Å². The number of sulfonamides is 1. The van der Waals surface area contributed by atoms with Gasteiger partial charge in [0.05, 0.1) is 11.2 Å². The predicted molar refractivity (Wildman–Crippen MR) is 89.2 cm³/mol. The Balaban J connectivity index is 1.79. The summed E-state index contributed by atoms with van der Waals surface area (Å²) in [5.74, 6) is 0.158. The van der Waals surface area contributed by atoms with Crippen molar-refractivity contribution < 1.29 is 13.2 Å². The van der Waals surface area contributed by atoms with Gasteiger partial charge in [0.2, 0.25) is 15.9 Å². The SMILES string of the molecule is Cc1ccc(CS(=O)(=O)N2C[C@H](C)[C@]3(CCN(C)C3=O)C2)cc1. The van der Waals surface area contributed by atoms with Crippen molar-refractivity contribution in [1.29, 1.82) is 0 Å². The van der Waals surface area contributed by atoms with Crippen LogP contribution in [0.1, 0.15) is 24.5 Å². The van der Waals surface area contributed by atoms with Gasteiger partial charge in [-0.05, 0) is 24.8 Å². The van der Waals surface area contributed by atoms with E-state index < -0.39 is 15.4 Å². The highest BCUT2D eigenvalue weighted by Gasteiger charge is 2.56. The second kappa shape index (κ2) is 5.60. The van der Waals surface area contributed by atoms with E-state index in [2.05, 4.69) is 0 Å². The lowest BCUT2D eigenvalue weighted by molar-refractivity contribution is -0.135. The number of hydrogen-bond donors (Lipinski definition) is 0. The van der Waals surface area contributed by atoms with Crippen molar-refractivity contribution in [3.8, 4) is 0 Å². The van der Waals surface area contributed by atoms with Gasteiger partial charge in [0, 0.05) is 26.7 Å². The van der Waals surface area contributed by atoms with Crippen LogP contribution in [0.15, 0.2) is 24.3 Å². The van der Waals surface area contributed by atoms with E-state index in [1.165, 1.54) is 4.31 Å². The number of carbonyl (C=O) groups excluding carboxylic acids is 1. The van der Waals surface area contributed by atoms with Crippen molar-refractivity contribution in [2.75, 3.05) is 26.7 Å². The molecule has 2 atom stereocenters. The molecule has 0 N–H and O–H groups in total. The van der Waals surface area contributed by atoms with Gasteiger partial charge < -0.3 is 4.90 Å². The minimum absolute atomic E-state index is 0.000109. The van der Waals surface area contributed by atoms with Crippen LogP contribution in [0.3, 0.4) is 0 Å². The Hall–Kier alpha value is -1.40. The fourth-order valence-electron chi connectivity index (χ4n) is 3.77. The van der Waals surface area contributed by atoms with E-state index in [0.717, 1.165) is 24.1 Å². The minimum Gasteiger partial charge on any atom is -0.345 e. The molecular formula is C17H24N2O3S. The zero-order valence-corrected chi connectivity index (χ0v) is 14.8. The summed E-state index contributed by atoms with van der Waals surface area (Å²) in [7, 11) is -1.60. The van der Waals surface area contributed by atoms with E-state index >= 15 is 0 Å². The first kappa shape index (κ1) is 16.5. The molecule has 5 nitrogen and oxygen atoms in total. The van der Waals surface area contributed by atoms with Gasteiger partial charge in [-0.2, -0.15) is 0 Å². The van der Waals surface area contributed by atoms with Gasteiger partial charge in [-0.15, -0.1) is 0 Å². The molecule has 1 amide bonds. The maximum atomic E-state index is 12.8. The third kappa shape index (κ3) is 2.78. The fraction of sp³-hybridized carbons (Fsp3) is 0.588. The van der Waals surface area contributed by atoms with Crippen LogP contribution in [-0.4, -0.2) is 50.2 Å². The lowest BCUT2D eigenvalue weighted by Gasteiger charge is -2.25. The summed E-state index contributed by atoms with van der Waals surface area (Å²) in [6.45, 7) is 5.46. The molecule has 126 valence electrons. The average molecular weight is 336 g/mol. The molecule has 0 aromatic heterocycles. The van der Waals surface area contributed by atoms with Crippen LogP contribution in [0.25, 0.3) is 0 Å². The predicted octanol–water partition coefficient (Wildman–Crippen LogP) is 1.63. The third-order valence-electron chi connectivity index (χ3n) is 5.41. The number of benzene rings is 1. The Bertz CT molecular complexity index is 714. The van der Waals surface area contributed by atoms with E-state index in [9.17, 15) is 13.2 Å². The van der Waals surface area contributed by atoms with Crippen molar-refractivity contribution in [2.24, 2.45) is 11.3 Å². The monoisotopic (exact) mass is 336 g/mol. The summed E-state index contributed by atoms with van der Waals surface area (Å²) in [6, 6.07) is 7.57. The molecule has 2 aliphatic rings. The molecule has 1 aromatic carbocycles. The molecule has 6 heteroatoms. The summed E-state index contributed by atoms with van der Waals surface area (Å²) < 4.78 is 27.0. The fourth-order valence-corrected chi connectivity index (χ4v) is 5.45. The van der Waals surface area contributed by atoms with Crippen molar-refractivity contribution in [2.45, 2.75) is 26.0 Å². The Morgan fingerprint density at radius 3 is 2.48 bits per heavy atom. The summed E-state index contributed by atoms with van der Waals surface area (Å²) in [4.78, 5) is 14.2. The van der Waals surface area contributed by atoms with E-state index in [1.54, 1.807) is 11.9 Å². The Kier molecular flexibility index (Phi) is 4.01. The van der Waals surface area contributed by atoms with Crippen LogP contribution in [0.2, 0.25) is 0 Å². The lowest BCUT2D eigenvalue weighted by atomic mass is 9.78. The highest BCUT2D eigenvalue weighted by molar-refractivity contribution is 7.88. The van der Waals surface area contributed by atoms with Gasteiger partial charge in [0.15, 0.2) is 0 Å². The highest BCUT2D eigenvalue weighted by Crippen LogP contribution is 2.45. The molecule has 0 radical (unpaired) electrons. The first-order valence-electron chi connectivity index (χ1n) is 8.03. The van der Waals surface area contributed by atoms with E-state index in [0.29, 0.717) is 13.1 Å². The Morgan fingerprint density at radius 2 is 1.91 bits per heavy atom. The van der Waals surface area contributed by atoms with E-state index in [1.807, 2.05) is 38.1 Å². The molecule has 2 fully saturated rings. The number of rotatable bonds is 3. The van der Waals surface area contributed by atoms with Crippen molar-refractivity contribution in [3.63, 3.8) is 0 Å². The largest absolute Gasteiger partial charge is 0.345 e. The minimum atomic E-state index is -3.40. The molecule has 0 unspecified atom stereocenters. The smallest absolute Gasteiger partial charge is 0.230 e. The topological polar surface area (TPSA) is 57.7 Å². The first-order valence-corrected chi connectivity index (χ1v) is 9.64. The molecular weight excluding hydrogens is 312 g/mol. The Labute approximate surface area is 138 Å². The molecule has 1 spiro atoms. The van der Waals surface area contributed by atoms with Gasteiger partial charge in [-0.1, -0.05) is 36.8 Å². The molecule has 0 aliphatic carbocycles. The van der Waals surface area contributed by atoms with E-state index in [4.69, 9.17) is 0 Å². The second-order valence-electron chi connectivity index (χ2n) is 7.07. The maximum absolute atomic E-state index is 12.8.